The topological polar surface area (TPSA) is 105 Å². The molecule has 0 aliphatic carbocycles. The standard InChI is InChI=1S/C17H20ClN3O4/c1-10(2)9-13(17(23)24)19-14(22)7-8-15-20-16(21-25-15)11-3-5-12(18)6-4-11/h3-6,10,13H,7-9H2,1-2H3,(H,19,22)(H,23,24). The lowest BCUT2D eigenvalue weighted by molar-refractivity contribution is -0.142. The lowest BCUT2D eigenvalue weighted by Gasteiger charge is -2.16. The molecule has 1 unspecified atom stereocenters. The van der Waals surface area contributed by atoms with Gasteiger partial charge in [0.2, 0.25) is 17.6 Å². The highest BCUT2D eigenvalue weighted by molar-refractivity contribution is 6.30. The third-order valence-corrected chi connectivity index (χ3v) is 3.73. The normalized spacial score (nSPS) is 12.2. The number of aromatic nitrogens is 2. The Bertz CT molecular complexity index is 728. The van der Waals surface area contributed by atoms with Crippen molar-refractivity contribution in [2.24, 2.45) is 5.92 Å². The van der Waals surface area contributed by atoms with Gasteiger partial charge < -0.3 is 14.9 Å². The summed E-state index contributed by atoms with van der Waals surface area (Å²) in [5.41, 5.74) is 0.756. The van der Waals surface area contributed by atoms with Gasteiger partial charge in [-0.25, -0.2) is 4.79 Å². The molecule has 7 nitrogen and oxygen atoms in total. The van der Waals surface area contributed by atoms with E-state index >= 15 is 0 Å². The summed E-state index contributed by atoms with van der Waals surface area (Å²) in [4.78, 5) is 27.3. The van der Waals surface area contributed by atoms with Crippen molar-refractivity contribution in [3.8, 4) is 11.4 Å². The van der Waals surface area contributed by atoms with Gasteiger partial charge in [0.1, 0.15) is 6.04 Å². The fraction of sp³-hybridized carbons (Fsp3) is 0.412. The van der Waals surface area contributed by atoms with Gasteiger partial charge in [-0.3, -0.25) is 4.79 Å². The zero-order chi connectivity index (χ0) is 18.4. The van der Waals surface area contributed by atoms with E-state index in [0.29, 0.717) is 23.2 Å². The number of halogens is 1. The number of nitrogens with zero attached hydrogens (tertiary/aromatic N) is 2. The maximum atomic E-state index is 11.9. The number of nitrogens with one attached hydrogen (secondary N) is 1. The van der Waals surface area contributed by atoms with Gasteiger partial charge in [0.25, 0.3) is 0 Å². The van der Waals surface area contributed by atoms with Crippen molar-refractivity contribution in [1.82, 2.24) is 15.5 Å². The van der Waals surface area contributed by atoms with Crippen molar-refractivity contribution in [3.63, 3.8) is 0 Å². The summed E-state index contributed by atoms with van der Waals surface area (Å²) in [6.07, 6.45) is 0.687. The first-order valence-corrected chi connectivity index (χ1v) is 8.33. The number of carboxylic acids is 1. The zero-order valence-electron chi connectivity index (χ0n) is 14.0. The minimum Gasteiger partial charge on any atom is -0.480 e. The van der Waals surface area contributed by atoms with Crippen LogP contribution in [0.5, 0.6) is 0 Å². The molecule has 1 aromatic heterocycles. The van der Waals surface area contributed by atoms with Gasteiger partial charge in [-0.15, -0.1) is 0 Å². The fourth-order valence-electron chi connectivity index (χ4n) is 2.25. The Labute approximate surface area is 150 Å². The third kappa shape index (κ3) is 5.86. The van der Waals surface area contributed by atoms with Crippen LogP contribution in [-0.4, -0.2) is 33.2 Å². The number of aryl methyl sites for hydroxylation is 1. The molecule has 134 valence electrons. The van der Waals surface area contributed by atoms with Crippen molar-refractivity contribution < 1.29 is 19.2 Å². The van der Waals surface area contributed by atoms with E-state index in [-0.39, 0.29) is 24.7 Å². The van der Waals surface area contributed by atoms with Crippen LogP contribution in [0.25, 0.3) is 11.4 Å². The maximum Gasteiger partial charge on any atom is 0.326 e. The number of hydrogen-bond acceptors (Lipinski definition) is 5. The number of carbonyl (C=O) groups excluding carboxylic acids is 1. The maximum absolute atomic E-state index is 11.9. The van der Waals surface area contributed by atoms with Gasteiger partial charge in [0, 0.05) is 23.4 Å². The van der Waals surface area contributed by atoms with Gasteiger partial charge >= 0.3 is 5.97 Å². The van der Waals surface area contributed by atoms with E-state index in [0.717, 1.165) is 5.56 Å². The first kappa shape index (κ1) is 18.9. The second kappa shape index (κ2) is 8.62. The van der Waals surface area contributed by atoms with Crippen molar-refractivity contribution in [2.45, 2.75) is 39.2 Å². The van der Waals surface area contributed by atoms with Crippen LogP contribution in [0.3, 0.4) is 0 Å². The van der Waals surface area contributed by atoms with E-state index in [4.69, 9.17) is 21.2 Å². The molecule has 1 atom stereocenters. The largest absolute Gasteiger partial charge is 0.480 e. The average Bonchev–Trinajstić information content (AvgIpc) is 3.01. The predicted molar refractivity (Wildman–Crippen MR) is 92.1 cm³/mol. The smallest absolute Gasteiger partial charge is 0.326 e. The average molecular weight is 366 g/mol. The predicted octanol–water partition coefficient (Wildman–Crippen LogP) is 2.94. The Kier molecular flexibility index (Phi) is 6.52. The van der Waals surface area contributed by atoms with Crippen molar-refractivity contribution >= 4 is 23.5 Å². The number of amides is 1. The SMILES string of the molecule is CC(C)CC(NC(=O)CCc1nc(-c2ccc(Cl)cc2)no1)C(=O)O. The summed E-state index contributed by atoms with van der Waals surface area (Å²) in [7, 11) is 0. The van der Waals surface area contributed by atoms with Gasteiger partial charge in [-0.1, -0.05) is 30.6 Å². The molecule has 0 spiro atoms. The minimum atomic E-state index is -1.04. The highest BCUT2D eigenvalue weighted by Crippen LogP contribution is 2.19. The van der Waals surface area contributed by atoms with E-state index in [1.807, 2.05) is 13.8 Å². The van der Waals surface area contributed by atoms with Crippen LogP contribution in [0.1, 0.15) is 32.6 Å². The molecule has 0 fully saturated rings. The molecular weight excluding hydrogens is 346 g/mol. The Morgan fingerprint density at radius 2 is 1.96 bits per heavy atom. The summed E-state index contributed by atoms with van der Waals surface area (Å²) >= 11 is 5.83. The van der Waals surface area contributed by atoms with Crippen LogP contribution in [0, 0.1) is 5.92 Å². The number of hydrogen-bond donors (Lipinski definition) is 2. The van der Waals surface area contributed by atoms with Crippen LogP contribution in [0.2, 0.25) is 5.02 Å². The highest BCUT2D eigenvalue weighted by Gasteiger charge is 2.21. The van der Waals surface area contributed by atoms with Gasteiger partial charge in [-0.2, -0.15) is 4.98 Å². The van der Waals surface area contributed by atoms with Crippen LogP contribution in [0.4, 0.5) is 0 Å². The molecule has 2 N–H and O–H groups in total. The van der Waals surface area contributed by atoms with Gasteiger partial charge in [0.05, 0.1) is 0 Å². The summed E-state index contributed by atoms with van der Waals surface area (Å²) < 4.78 is 5.13. The number of carbonyl (C=O) groups is 2. The van der Waals surface area contributed by atoms with Gasteiger partial charge in [0.15, 0.2) is 0 Å². The van der Waals surface area contributed by atoms with Crippen LogP contribution >= 0.6 is 11.6 Å². The molecule has 1 heterocycles. The second-order valence-electron chi connectivity index (χ2n) is 6.11. The molecule has 25 heavy (non-hydrogen) atoms. The van der Waals surface area contributed by atoms with E-state index in [1.165, 1.54) is 0 Å². The van der Waals surface area contributed by atoms with Crippen molar-refractivity contribution in [1.29, 1.82) is 0 Å². The van der Waals surface area contributed by atoms with E-state index in [1.54, 1.807) is 24.3 Å². The van der Waals surface area contributed by atoms with Gasteiger partial charge in [-0.05, 0) is 36.6 Å². The molecule has 0 radical (unpaired) electrons. The summed E-state index contributed by atoms with van der Waals surface area (Å²) in [6.45, 7) is 3.80. The minimum absolute atomic E-state index is 0.0735. The molecule has 0 saturated carbocycles. The zero-order valence-corrected chi connectivity index (χ0v) is 14.8. The van der Waals surface area contributed by atoms with Crippen LogP contribution in [0.15, 0.2) is 28.8 Å². The third-order valence-electron chi connectivity index (χ3n) is 3.48. The lowest BCUT2D eigenvalue weighted by atomic mass is 10.0. The Morgan fingerprint density at radius 1 is 1.28 bits per heavy atom. The fourth-order valence-corrected chi connectivity index (χ4v) is 2.38. The second-order valence-corrected chi connectivity index (χ2v) is 6.54. The van der Waals surface area contributed by atoms with E-state index in [9.17, 15) is 9.59 Å². The molecule has 0 aliphatic heterocycles. The number of carboxylic acid groups (broad SMARTS) is 1. The molecule has 0 aliphatic rings. The monoisotopic (exact) mass is 365 g/mol. The first-order valence-electron chi connectivity index (χ1n) is 7.96. The summed E-state index contributed by atoms with van der Waals surface area (Å²) in [5.74, 6) is -0.505. The molecule has 8 heteroatoms. The summed E-state index contributed by atoms with van der Waals surface area (Å²) in [5, 5.41) is 16.1. The van der Waals surface area contributed by atoms with Crippen LogP contribution in [-0.2, 0) is 16.0 Å². The quantitative estimate of drug-likeness (QED) is 0.745. The Hall–Kier alpha value is -2.41. The molecule has 0 bridgehead atoms. The number of rotatable bonds is 8. The highest BCUT2D eigenvalue weighted by atomic mass is 35.5. The first-order chi connectivity index (χ1) is 11.8. The van der Waals surface area contributed by atoms with Crippen LogP contribution < -0.4 is 5.32 Å². The van der Waals surface area contributed by atoms with Crippen molar-refractivity contribution in [3.05, 3.63) is 35.2 Å². The van der Waals surface area contributed by atoms with Crippen molar-refractivity contribution in [2.75, 3.05) is 0 Å². The molecule has 2 rings (SSSR count). The number of aliphatic carboxylic acids is 1. The Balaban J connectivity index is 1.89. The molecular formula is C17H20ClN3O4. The molecule has 0 saturated heterocycles. The Morgan fingerprint density at radius 3 is 2.56 bits per heavy atom. The summed E-state index contributed by atoms with van der Waals surface area (Å²) in [6, 6.07) is 6.10. The lowest BCUT2D eigenvalue weighted by Crippen LogP contribution is -2.41. The molecule has 2 aromatic rings. The molecule has 1 amide bonds. The number of benzene rings is 1. The van der Waals surface area contributed by atoms with E-state index in [2.05, 4.69) is 15.5 Å². The van der Waals surface area contributed by atoms with E-state index < -0.39 is 12.0 Å². The molecule has 1 aromatic carbocycles.